The number of nitrogen functional groups attached to an aromatic ring is 1. The van der Waals surface area contributed by atoms with Gasteiger partial charge >= 0.3 is 0 Å². The number of hydrogen-bond acceptors (Lipinski definition) is 2. The van der Waals surface area contributed by atoms with E-state index in [1.807, 2.05) is 18.2 Å². The average Bonchev–Trinajstić information content (AvgIpc) is 2.49. The van der Waals surface area contributed by atoms with E-state index in [1.165, 1.54) is 17.7 Å². The SMILES string of the molecule is N=C(N)c1cc(F)ccc1COCCCc1ccccc1. The maximum atomic E-state index is 13.1. The third-order valence-electron chi connectivity index (χ3n) is 3.22. The number of amidine groups is 1. The van der Waals surface area contributed by atoms with Crippen LogP contribution in [0.15, 0.2) is 48.5 Å². The predicted octanol–water partition coefficient (Wildman–Crippen LogP) is 3.26. The molecule has 0 saturated heterocycles. The zero-order valence-corrected chi connectivity index (χ0v) is 11.8. The van der Waals surface area contributed by atoms with Gasteiger partial charge in [-0.1, -0.05) is 36.4 Å². The minimum absolute atomic E-state index is 0.141. The van der Waals surface area contributed by atoms with Gasteiger partial charge in [-0.25, -0.2) is 4.39 Å². The molecule has 3 N–H and O–H groups in total. The van der Waals surface area contributed by atoms with Crippen LogP contribution in [-0.4, -0.2) is 12.4 Å². The molecule has 0 aliphatic heterocycles. The van der Waals surface area contributed by atoms with Gasteiger partial charge in [0.25, 0.3) is 0 Å². The van der Waals surface area contributed by atoms with Gasteiger partial charge in [0, 0.05) is 12.2 Å². The minimum atomic E-state index is -0.395. The van der Waals surface area contributed by atoms with Gasteiger partial charge in [0.05, 0.1) is 6.61 Å². The summed E-state index contributed by atoms with van der Waals surface area (Å²) in [6, 6.07) is 14.5. The molecule has 0 aromatic heterocycles. The number of nitrogens with one attached hydrogen (secondary N) is 1. The Morgan fingerprint density at radius 2 is 1.90 bits per heavy atom. The van der Waals surface area contributed by atoms with Crippen molar-refractivity contribution in [2.24, 2.45) is 5.73 Å². The van der Waals surface area contributed by atoms with Crippen LogP contribution >= 0.6 is 0 Å². The van der Waals surface area contributed by atoms with Crippen molar-refractivity contribution in [2.75, 3.05) is 6.61 Å². The van der Waals surface area contributed by atoms with E-state index in [0.29, 0.717) is 18.8 Å². The van der Waals surface area contributed by atoms with Crippen molar-refractivity contribution >= 4 is 5.84 Å². The Labute approximate surface area is 124 Å². The molecule has 0 saturated carbocycles. The van der Waals surface area contributed by atoms with E-state index >= 15 is 0 Å². The molecule has 0 atom stereocenters. The molecule has 0 amide bonds. The zero-order valence-electron chi connectivity index (χ0n) is 11.8. The van der Waals surface area contributed by atoms with Crippen LogP contribution in [0.25, 0.3) is 0 Å². The fourth-order valence-electron chi connectivity index (χ4n) is 2.13. The summed E-state index contributed by atoms with van der Waals surface area (Å²) in [6.45, 7) is 0.952. The lowest BCUT2D eigenvalue weighted by molar-refractivity contribution is 0.118. The van der Waals surface area contributed by atoms with E-state index in [0.717, 1.165) is 18.4 Å². The van der Waals surface area contributed by atoms with Gasteiger partial charge in [-0.05, 0) is 36.1 Å². The lowest BCUT2D eigenvalue weighted by atomic mass is 10.1. The zero-order chi connectivity index (χ0) is 15.1. The smallest absolute Gasteiger partial charge is 0.123 e. The van der Waals surface area contributed by atoms with Crippen molar-refractivity contribution < 1.29 is 9.13 Å². The second kappa shape index (κ2) is 7.55. The molecule has 2 rings (SSSR count). The Bertz CT molecular complexity index is 599. The number of hydrogen-bond donors (Lipinski definition) is 2. The number of rotatable bonds is 7. The summed E-state index contributed by atoms with van der Waals surface area (Å²) >= 11 is 0. The van der Waals surface area contributed by atoms with Crippen molar-refractivity contribution in [3.05, 3.63) is 71.0 Å². The van der Waals surface area contributed by atoms with Crippen molar-refractivity contribution in [2.45, 2.75) is 19.4 Å². The van der Waals surface area contributed by atoms with Gasteiger partial charge in [0.2, 0.25) is 0 Å². The van der Waals surface area contributed by atoms with Gasteiger partial charge in [0.1, 0.15) is 11.7 Å². The van der Waals surface area contributed by atoms with Crippen molar-refractivity contribution in [1.82, 2.24) is 0 Å². The Hall–Kier alpha value is -2.20. The van der Waals surface area contributed by atoms with E-state index in [-0.39, 0.29) is 5.84 Å². The molecule has 4 heteroatoms. The molecule has 21 heavy (non-hydrogen) atoms. The van der Waals surface area contributed by atoms with Crippen LogP contribution in [0, 0.1) is 11.2 Å². The van der Waals surface area contributed by atoms with Crippen LogP contribution in [0.3, 0.4) is 0 Å². The summed E-state index contributed by atoms with van der Waals surface area (Å²) in [5, 5.41) is 7.46. The van der Waals surface area contributed by atoms with Gasteiger partial charge in [0.15, 0.2) is 0 Å². The van der Waals surface area contributed by atoms with E-state index < -0.39 is 5.82 Å². The summed E-state index contributed by atoms with van der Waals surface area (Å²) in [7, 11) is 0. The maximum absolute atomic E-state index is 13.1. The molecule has 0 radical (unpaired) electrons. The number of halogens is 1. The molecule has 2 aromatic rings. The first kappa shape index (κ1) is 15.2. The van der Waals surface area contributed by atoms with Crippen molar-refractivity contribution in [1.29, 1.82) is 5.41 Å². The Kier molecular flexibility index (Phi) is 5.46. The molecule has 2 aromatic carbocycles. The first-order chi connectivity index (χ1) is 10.2. The van der Waals surface area contributed by atoms with Crippen molar-refractivity contribution in [3.63, 3.8) is 0 Å². The largest absolute Gasteiger partial charge is 0.384 e. The van der Waals surface area contributed by atoms with Crippen molar-refractivity contribution in [3.8, 4) is 0 Å². The highest BCUT2D eigenvalue weighted by Gasteiger charge is 2.07. The number of aryl methyl sites for hydroxylation is 1. The lowest BCUT2D eigenvalue weighted by Gasteiger charge is -2.09. The summed E-state index contributed by atoms with van der Waals surface area (Å²) < 4.78 is 18.7. The van der Waals surface area contributed by atoms with Crippen LogP contribution in [0.2, 0.25) is 0 Å². The van der Waals surface area contributed by atoms with Crippen LogP contribution in [0.1, 0.15) is 23.1 Å². The van der Waals surface area contributed by atoms with Gasteiger partial charge in [-0.2, -0.15) is 0 Å². The molecule has 0 aliphatic carbocycles. The average molecular weight is 286 g/mol. The summed E-state index contributed by atoms with van der Waals surface area (Å²) in [4.78, 5) is 0. The van der Waals surface area contributed by atoms with E-state index in [9.17, 15) is 4.39 Å². The molecular formula is C17H19FN2O. The molecule has 0 spiro atoms. The van der Waals surface area contributed by atoms with E-state index in [1.54, 1.807) is 6.07 Å². The summed E-state index contributed by atoms with van der Waals surface area (Å²) in [5.41, 5.74) is 7.88. The topological polar surface area (TPSA) is 59.1 Å². The second-order valence-corrected chi connectivity index (χ2v) is 4.86. The van der Waals surface area contributed by atoms with E-state index in [4.69, 9.17) is 15.9 Å². The second-order valence-electron chi connectivity index (χ2n) is 4.86. The highest BCUT2D eigenvalue weighted by molar-refractivity contribution is 5.96. The minimum Gasteiger partial charge on any atom is -0.384 e. The third kappa shape index (κ3) is 4.68. The predicted molar refractivity (Wildman–Crippen MR) is 81.8 cm³/mol. The fourth-order valence-corrected chi connectivity index (χ4v) is 2.13. The summed E-state index contributed by atoms with van der Waals surface area (Å²) in [5.74, 6) is -0.537. The standard InChI is InChI=1S/C17H19FN2O/c18-15-9-8-14(16(11-15)17(19)20)12-21-10-4-7-13-5-2-1-3-6-13/h1-3,5-6,8-9,11H,4,7,10,12H2,(H3,19,20). The van der Waals surface area contributed by atoms with Gasteiger partial charge in [-0.3, -0.25) is 5.41 Å². The molecule has 0 fully saturated rings. The first-order valence-corrected chi connectivity index (χ1v) is 6.91. The number of benzene rings is 2. The molecule has 0 unspecified atom stereocenters. The highest BCUT2D eigenvalue weighted by atomic mass is 19.1. The van der Waals surface area contributed by atoms with Crippen LogP contribution < -0.4 is 5.73 Å². The molecule has 3 nitrogen and oxygen atoms in total. The van der Waals surface area contributed by atoms with E-state index in [2.05, 4.69) is 12.1 Å². The maximum Gasteiger partial charge on any atom is 0.123 e. The Balaban J connectivity index is 1.80. The quantitative estimate of drug-likeness (QED) is 0.466. The molecular weight excluding hydrogens is 267 g/mol. The summed E-state index contributed by atoms with van der Waals surface area (Å²) in [6.07, 6.45) is 1.88. The highest BCUT2D eigenvalue weighted by Crippen LogP contribution is 2.12. The van der Waals surface area contributed by atoms with Crippen LogP contribution in [0.5, 0.6) is 0 Å². The van der Waals surface area contributed by atoms with Gasteiger partial charge < -0.3 is 10.5 Å². The Morgan fingerprint density at radius 1 is 1.14 bits per heavy atom. The van der Waals surface area contributed by atoms with Crippen LogP contribution in [0.4, 0.5) is 4.39 Å². The Morgan fingerprint density at radius 3 is 2.62 bits per heavy atom. The number of nitrogens with two attached hydrogens (primary N) is 1. The lowest BCUT2D eigenvalue weighted by Crippen LogP contribution is -2.15. The van der Waals surface area contributed by atoms with Gasteiger partial charge in [-0.15, -0.1) is 0 Å². The first-order valence-electron chi connectivity index (χ1n) is 6.91. The molecule has 0 aliphatic rings. The van der Waals surface area contributed by atoms with Crippen LogP contribution in [-0.2, 0) is 17.8 Å². The fraction of sp³-hybridized carbons (Fsp3) is 0.235. The monoisotopic (exact) mass is 286 g/mol. The number of ether oxygens (including phenoxy) is 1. The molecule has 0 heterocycles. The molecule has 0 bridgehead atoms. The normalized spacial score (nSPS) is 10.5. The molecule has 110 valence electrons. The third-order valence-corrected chi connectivity index (χ3v) is 3.22.